The highest BCUT2D eigenvalue weighted by Crippen LogP contribution is 2.28. The van der Waals surface area contributed by atoms with E-state index in [1.807, 2.05) is 60.7 Å². The molecule has 31 heavy (non-hydrogen) atoms. The van der Waals surface area contributed by atoms with E-state index in [2.05, 4.69) is 10.3 Å². The highest BCUT2D eigenvalue weighted by Gasteiger charge is 2.19. The molecule has 5 rings (SSSR count). The maximum Gasteiger partial charge on any atom is 0.259 e. The fraction of sp³-hybridized carbons (Fsp3) is 0.0385. The van der Waals surface area contributed by atoms with Crippen LogP contribution in [-0.4, -0.2) is 10.9 Å². The van der Waals surface area contributed by atoms with Gasteiger partial charge in [0.1, 0.15) is 5.76 Å². The van der Waals surface area contributed by atoms with E-state index in [-0.39, 0.29) is 16.9 Å². The van der Waals surface area contributed by atoms with Crippen LogP contribution in [0.5, 0.6) is 0 Å². The van der Waals surface area contributed by atoms with Crippen molar-refractivity contribution in [2.24, 2.45) is 0 Å². The Labute approximate surface area is 178 Å². The summed E-state index contributed by atoms with van der Waals surface area (Å²) in [4.78, 5) is 30.6. The summed E-state index contributed by atoms with van der Waals surface area (Å²) in [5.41, 5.74) is 3.15. The van der Waals surface area contributed by atoms with Gasteiger partial charge in [0.15, 0.2) is 11.0 Å². The van der Waals surface area contributed by atoms with Crippen LogP contribution >= 0.6 is 0 Å². The Bertz CT molecular complexity index is 1500. The van der Waals surface area contributed by atoms with Crippen LogP contribution in [0.25, 0.3) is 33.2 Å². The molecule has 2 aromatic heterocycles. The topological polar surface area (TPSA) is 72.2 Å². The molecule has 2 heterocycles. The second-order valence-electron chi connectivity index (χ2n) is 7.26. The molecular formula is C26H18N2O3. The molecule has 0 aliphatic heterocycles. The minimum atomic E-state index is -0.354. The number of fused-ring (bicyclic) bond motifs is 2. The molecule has 0 saturated carbocycles. The summed E-state index contributed by atoms with van der Waals surface area (Å²) in [5, 5.41) is 4.16. The third-order valence-corrected chi connectivity index (χ3v) is 5.32. The first kappa shape index (κ1) is 18.8. The normalized spacial score (nSPS) is 11.0. The van der Waals surface area contributed by atoms with Crippen molar-refractivity contribution >= 4 is 33.5 Å². The molecule has 0 aliphatic carbocycles. The van der Waals surface area contributed by atoms with Crippen LogP contribution in [-0.2, 0) is 0 Å². The predicted octanol–water partition coefficient (Wildman–Crippen LogP) is 5.57. The molecule has 0 fully saturated rings. The number of aromatic nitrogens is 1. The Morgan fingerprint density at radius 3 is 2.48 bits per heavy atom. The molecule has 0 unspecified atom stereocenters. The van der Waals surface area contributed by atoms with Gasteiger partial charge in [0.25, 0.3) is 5.91 Å². The number of anilines is 1. The molecule has 0 bridgehead atoms. The quantitative estimate of drug-likeness (QED) is 0.425. The zero-order chi connectivity index (χ0) is 21.4. The van der Waals surface area contributed by atoms with Gasteiger partial charge in [-0.25, -0.2) is 0 Å². The summed E-state index contributed by atoms with van der Waals surface area (Å²) in [5.74, 6) is 0.112. The highest BCUT2D eigenvalue weighted by molar-refractivity contribution is 6.14. The Balaban J connectivity index is 1.65. The van der Waals surface area contributed by atoms with Crippen molar-refractivity contribution in [1.29, 1.82) is 0 Å². The van der Waals surface area contributed by atoms with Crippen LogP contribution < -0.4 is 10.7 Å². The Morgan fingerprint density at radius 1 is 0.871 bits per heavy atom. The third-order valence-electron chi connectivity index (χ3n) is 5.32. The molecule has 0 aliphatic rings. The number of carbonyl (C=O) groups is 1. The van der Waals surface area contributed by atoms with Gasteiger partial charge in [-0.05, 0) is 43.3 Å². The SMILES string of the molecule is Cc1c(-c2ccccc2)oc2c(C(=O)Nc3cccc4ncccc34)cccc2c1=O. The largest absolute Gasteiger partial charge is 0.455 e. The van der Waals surface area contributed by atoms with Crippen molar-refractivity contribution in [2.45, 2.75) is 6.92 Å². The van der Waals surface area contributed by atoms with E-state index in [1.54, 1.807) is 31.3 Å². The number of hydrogen-bond donors (Lipinski definition) is 1. The van der Waals surface area contributed by atoms with Gasteiger partial charge in [0, 0.05) is 22.7 Å². The van der Waals surface area contributed by atoms with Crippen LogP contribution in [0.3, 0.4) is 0 Å². The molecule has 3 aromatic carbocycles. The number of amides is 1. The number of pyridine rings is 1. The number of benzene rings is 3. The van der Waals surface area contributed by atoms with Gasteiger partial charge in [0.2, 0.25) is 0 Å². The van der Waals surface area contributed by atoms with Crippen LogP contribution in [0.2, 0.25) is 0 Å². The number of para-hydroxylation sites is 1. The third kappa shape index (κ3) is 3.26. The first-order valence-electron chi connectivity index (χ1n) is 9.90. The van der Waals surface area contributed by atoms with E-state index in [4.69, 9.17) is 4.42 Å². The number of nitrogens with one attached hydrogen (secondary N) is 1. The fourth-order valence-corrected chi connectivity index (χ4v) is 3.76. The number of rotatable bonds is 3. The zero-order valence-corrected chi connectivity index (χ0v) is 16.8. The van der Waals surface area contributed by atoms with E-state index < -0.39 is 0 Å². The molecule has 5 nitrogen and oxygen atoms in total. The molecule has 0 saturated heterocycles. The number of nitrogens with zero attached hydrogens (tertiary/aromatic N) is 1. The van der Waals surface area contributed by atoms with Crippen molar-refractivity contribution in [3.8, 4) is 11.3 Å². The van der Waals surface area contributed by atoms with Gasteiger partial charge in [-0.1, -0.05) is 42.5 Å². The van der Waals surface area contributed by atoms with Crippen LogP contribution in [0.1, 0.15) is 15.9 Å². The van der Waals surface area contributed by atoms with E-state index in [0.717, 1.165) is 16.5 Å². The van der Waals surface area contributed by atoms with E-state index in [1.165, 1.54) is 0 Å². The fourth-order valence-electron chi connectivity index (χ4n) is 3.76. The summed E-state index contributed by atoms with van der Waals surface area (Å²) >= 11 is 0. The van der Waals surface area contributed by atoms with Gasteiger partial charge < -0.3 is 9.73 Å². The van der Waals surface area contributed by atoms with Crippen molar-refractivity contribution in [1.82, 2.24) is 4.98 Å². The lowest BCUT2D eigenvalue weighted by molar-refractivity contribution is 0.102. The van der Waals surface area contributed by atoms with Gasteiger partial charge in [-0.2, -0.15) is 0 Å². The van der Waals surface area contributed by atoms with Crippen LogP contribution in [0.15, 0.2) is 94.3 Å². The van der Waals surface area contributed by atoms with E-state index in [0.29, 0.717) is 28.0 Å². The van der Waals surface area contributed by atoms with Crippen molar-refractivity contribution in [3.63, 3.8) is 0 Å². The number of carbonyl (C=O) groups excluding carboxylic acids is 1. The zero-order valence-electron chi connectivity index (χ0n) is 16.8. The standard InChI is InChI=1S/C26H18N2O3/c1-16-23(29)19-10-5-11-20(25(19)31-24(16)17-8-3-2-4-9-17)26(30)28-22-14-6-13-21-18(22)12-7-15-27-21/h2-15H,1H3,(H,28,30). The molecule has 1 amide bonds. The summed E-state index contributed by atoms with van der Waals surface area (Å²) in [6.45, 7) is 1.74. The van der Waals surface area contributed by atoms with Crippen molar-refractivity contribution < 1.29 is 9.21 Å². The maximum absolute atomic E-state index is 13.2. The summed E-state index contributed by atoms with van der Waals surface area (Å²) in [6, 6.07) is 23.7. The maximum atomic E-state index is 13.2. The average molecular weight is 406 g/mol. The monoisotopic (exact) mass is 406 g/mol. The minimum Gasteiger partial charge on any atom is -0.455 e. The van der Waals surface area contributed by atoms with Crippen molar-refractivity contribution in [2.75, 3.05) is 5.32 Å². The Morgan fingerprint density at radius 2 is 1.65 bits per heavy atom. The summed E-state index contributed by atoms with van der Waals surface area (Å²) < 4.78 is 6.16. The van der Waals surface area contributed by atoms with Crippen molar-refractivity contribution in [3.05, 3.63) is 106 Å². The number of hydrogen-bond acceptors (Lipinski definition) is 4. The second kappa shape index (κ2) is 7.54. The van der Waals surface area contributed by atoms with E-state index >= 15 is 0 Å². The molecule has 150 valence electrons. The molecule has 0 atom stereocenters. The Kier molecular flexibility index (Phi) is 4.56. The van der Waals surface area contributed by atoms with Crippen LogP contribution in [0.4, 0.5) is 5.69 Å². The lowest BCUT2D eigenvalue weighted by Gasteiger charge is -2.12. The molecule has 0 radical (unpaired) electrons. The van der Waals surface area contributed by atoms with Gasteiger partial charge in [-0.15, -0.1) is 0 Å². The molecule has 5 heteroatoms. The smallest absolute Gasteiger partial charge is 0.259 e. The summed E-state index contributed by atoms with van der Waals surface area (Å²) in [7, 11) is 0. The molecular weight excluding hydrogens is 388 g/mol. The lowest BCUT2D eigenvalue weighted by Crippen LogP contribution is -2.15. The van der Waals surface area contributed by atoms with E-state index in [9.17, 15) is 9.59 Å². The summed E-state index contributed by atoms with van der Waals surface area (Å²) in [6.07, 6.45) is 1.71. The average Bonchev–Trinajstić information content (AvgIpc) is 2.82. The van der Waals surface area contributed by atoms with Gasteiger partial charge in [-0.3, -0.25) is 14.6 Å². The molecule has 0 spiro atoms. The molecule has 1 N–H and O–H groups in total. The first-order valence-corrected chi connectivity index (χ1v) is 9.90. The molecule has 5 aromatic rings. The Hall–Kier alpha value is -4.25. The van der Waals surface area contributed by atoms with Gasteiger partial charge in [0.05, 0.1) is 22.2 Å². The van der Waals surface area contributed by atoms with Crippen LogP contribution in [0, 0.1) is 6.92 Å². The first-order chi connectivity index (χ1) is 15.1. The highest BCUT2D eigenvalue weighted by atomic mass is 16.3. The minimum absolute atomic E-state index is 0.149. The predicted molar refractivity (Wildman–Crippen MR) is 122 cm³/mol. The van der Waals surface area contributed by atoms with Gasteiger partial charge >= 0.3 is 0 Å². The second-order valence-corrected chi connectivity index (χ2v) is 7.26. The lowest BCUT2D eigenvalue weighted by atomic mass is 10.0.